The highest BCUT2D eigenvalue weighted by molar-refractivity contribution is 5.69. The van der Waals surface area contributed by atoms with E-state index in [1.54, 1.807) is 23.8 Å². The number of ether oxygens (including phenoxy) is 2. The summed E-state index contributed by atoms with van der Waals surface area (Å²) in [7, 11) is 1.56. The second-order valence-corrected chi connectivity index (χ2v) is 9.06. The van der Waals surface area contributed by atoms with Gasteiger partial charge in [-0.3, -0.25) is 9.50 Å². The largest absolute Gasteiger partial charge is 0.443 e. The monoisotopic (exact) mass is 468 g/mol. The summed E-state index contributed by atoms with van der Waals surface area (Å²) in [5.41, 5.74) is 1.81. The molecule has 3 aromatic heterocycles. The molecule has 0 saturated heterocycles. The maximum absolute atomic E-state index is 15.1. The van der Waals surface area contributed by atoms with Gasteiger partial charge >= 0.3 is 6.09 Å². The second-order valence-electron chi connectivity index (χ2n) is 9.06. The lowest BCUT2D eigenvalue weighted by molar-refractivity contribution is 0.0546. The summed E-state index contributed by atoms with van der Waals surface area (Å²) in [5.74, 6) is 0.371. The fourth-order valence-electron chi connectivity index (χ4n) is 4.22. The number of H-pyrrole nitrogens is 1. The molecule has 2 saturated carbocycles. The van der Waals surface area contributed by atoms with Crippen molar-refractivity contribution >= 4 is 23.5 Å². The van der Waals surface area contributed by atoms with Gasteiger partial charge in [-0.25, -0.2) is 19.2 Å². The average Bonchev–Trinajstić information content (AvgIpc) is 3.16. The van der Waals surface area contributed by atoms with E-state index in [0.29, 0.717) is 53.8 Å². The van der Waals surface area contributed by atoms with Crippen LogP contribution >= 0.6 is 0 Å². The number of anilines is 2. The third-order valence-corrected chi connectivity index (χ3v) is 6.35. The molecule has 34 heavy (non-hydrogen) atoms. The van der Waals surface area contributed by atoms with E-state index < -0.39 is 24.3 Å². The number of halogens is 1. The summed E-state index contributed by atoms with van der Waals surface area (Å²) in [6, 6.07) is 3.79. The Kier molecular flexibility index (Phi) is 5.57. The molecule has 3 atom stereocenters. The fraction of sp³-hybridized carbons (Fsp3) is 0.500. The zero-order valence-corrected chi connectivity index (χ0v) is 18.8. The van der Waals surface area contributed by atoms with Gasteiger partial charge in [-0.05, 0) is 32.6 Å². The van der Waals surface area contributed by atoms with Crippen molar-refractivity contribution in [1.29, 1.82) is 5.26 Å². The number of rotatable bonds is 7. The molecule has 0 bridgehead atoms. The quantitative estimate of drug-likeness (QED) is 0.480. The lowest BCUT2D eigenvalue weighted by Crippen LogP contribution is -2.38. The highest BCUT2D eigenvalue weighted by Crippen LogP contribution is 2.39. The van der Waals surface area contributed by atoms with Crippen molar-refractivity contribution in [3.05, 3.63) is 35.4 Å². The average molecular weight is 468 g/mol. The van der Waals surface area contributed by atoms with E-state index in [2.05, 4.69) is 36.9 Å². The highest BCUT2D eigenvalue weighted by atomic mass is 19.1. The minimum atomic E-state index is -1.34. The van der Waals surface area contributed by atoms with Gasteiger partial charge in [0.05, 0.1) is 18.5 Å². The molecule has 0 radical (unpaired) electrons. The Hall–Kier alpha value is -3.72. The Morgan fingerprint density at radius 1 is 1.44 bits per heavy atom. The molecule has 0 spiro atoms. The molecule has 5 rings (SSSR count). The maximum Gasteiger partial charge on any atom is 0.407 e. The van der Waals surface area contributed by atoms with Crippen LogP contribution in [0.3, 0.4) is 0 Å². The third kappa shape index (κ3) is 4.26. The first-order chi connectivity index (χ1) is 16.4. The zero-order chi connectivity index (χ0) is 23.9. The van der Waals surface area contributed by atoms with Gasteiger partial charge in [-0.1, -0.05) is 0 Å². The number of hydrogen-bond acceptors (Lipinski definition) is 8. The van der Waals surface area contributed by atoms with Gasteiger partial charge in [0.15, 0.2) is 11.5 Å². The van der Waals surface area contributed by atoms with Gasteiger partial charge in [0, 0.05) is 36.5 Å². The molecule has 178 valence electrons. The first kappa shape index (κ1) is 22.1. The van der Waals surface area contributed by atoms with Crippen LogP contribution in [0, 0.1) is 11.3 Å². The molecule has 3 unspecified atom stereocenters. The Bertz CT molecular complexity index is 1260. The van der Waals surface area contributed by atoms with Crippen molar-refractivity contribution in [2.75, 3.05) is 12.4 Å². The van der Waals surface area contributed by atoms with E-state index in [1.165, 1.54) is 6.20 Å². The van der Waals surface area contributed by atoms with E-state index in [0.717, 1.165) is 12.8 Å². The summed E-state index contributed by atoms with van der Waals surface area (Å²) in [5, 5.41) is 22.4. The number of imidazole rings is 1. The molecule has 2 fully saturated rings. The maximum atomic E-state index is 15.1. The third-order valence-electron chi connectivity index (χ3n) is 6.35. The number of fused-ring (bicyclic) bond motifs is 1. The first-order valence-corrected chi connectivity index (χ1v) is 11.1. The van der Waals surface area contributed by atoms with Crippen LogP contribution in [0.1, 0.15) is 55.5 Å². The topological polar surface area (TPSA) is 142 Å². The molecule has 3 heterocycles. The van der Waals surface area contributed by atoms with E-state index in [9.17, 15) is 10.1 Å². The highest BCUT2D eigenvalue weighted by Gasteiger charge is 2.43. The normalized spacial score (nSPS) is 22.9. The van der Waals surface area contributed by atoms with Crippen molar-refractivity contribution in [2.45, 2.75) is 62.9 Å². The molecule has 0 aromatic carbocycles. The summed E-state index contributed by atoms with van der Waals surface area (Å²) >= 11 is 0. The molecular formula is C22H25FN8O3. The van der Waals surface area contributed by atoms with Crippen molar-refractivity contribution in [3.63, 3.8) is 0 Å². The van der Waals surface area contributed by atoms with E-state index >= 15 is 4.39 Å². The molecule has 11 nitrogen and oxygen atoms in total. The lowest BCUT2D eigenvalue weighted by Gasteiger charge is -2.19. The molecule has 2 aliphatic rings. The van der Waals surface area contributed by atoms with Gasteiger partial charge in [0.2, 0.25) is 5.95 Å². The molecule has 0 aliphatic heterocycles. The fourth-order valence-corrected chi connectivity index (χ4v) is 4.22. The van der Waals surface area contributed by atoms with Crippen LogP contribution in [0.5, 0.6) is 0 Å². The van der Waals surface area contributed by atoms with Crippen LogP contribution in [-0.2, 0) is 16.1 Å². The number of aromatic amines is 1. The molecule has 1 amide bonds. The number of carbonyl (C=O) groups is 1. The van der Waals surface area contributed by atoms with E-state index in [1.807, 2.05) is 6.92 Å². The standard InChI is InChI=1S/C22H25FN8O3/c1-22(5-6-22)28-21(32)34-16-4-3-14(18(16)23)15-7-17(30-29-15)27-20-25-9-12(8-24)19-26-13(11-33-2)10-31(19)20/h7,9-10,14,16,18H,3-6,11H2,1-2H3,(H,28,32)(H2,25,27,29,30). The lowest BCUT2D eigenvalue weighted by atomic mass is 10.0. The molecule has 12 heteroatoms. The van der Waals surface area contributed by atoms with Crippen molar-refractivity contribution in [1.82, 2.24) is 29.9 Å². The number of nitrogens with one attached hydrogen (secondary N) is 3. The van der Waals surface area contributed by atoms with Crippen molar-refractivity contribution in [3.8, 4) is 6.07 Å². The van der Waals surface area contributed by atoms with Gasteiger partial charge in [0.25, 0.3) is 0 Å². The molecular weight excluding hydrogens is 443 g/mol. The van der Waals surface area contributed by atoms with Crippen LogP contribution in [-0.4, -0.2) is 55.6 Å². The number of aromatic nitrogens is 5. The smallest absolute Gasteiger partial charge is 0.407 e. The number of alkyl carbamates (subject to hydrolysis) is 1. The molecule has 3 aromatic rings. The Balaban J connectivity index is 1.29. The SMILES string of the molecule is COCc1cn2c(Nc3cc(C4CCC(OC(=O)NC5(C)CC5)C4F)[nH]n3)ncc(C#N)c2n1. The number of nitriles is 1. The van der Waals surface area contributed by atoms with Gasteiger partial charge in [-0.2, -0.15) is 10.4 Å². The van der Waals surface area contributed by atoms with E-state index in [-0.39, 0.29) is 5.54 Å². The second kappa shape index (κ2) is 8.57. The minimum absolute atomic E-state index is 0.213. The van der Waals surface area contributed by atoms with Crippen LogP contribution < -0.4 is 10.6 Å². The van der Waals surface area contributed by atoms with Crippen LogP contribution in [0.25, 0.3) is 5.65 Å². The number of carbonyl (C=O) groups excluding carboxylic acids is 1. The van der Waals surface area contributed by atoms with Crippen LogP contribution in [0.15, 0.2) is 18.5 Å². The first-order valence-electron chi connectivity index (χ1n) is 11.1. The number of methoxy groups -OCH3 is 1. The van der Waals surface area contributed by atoms with E-state index in [4.69, 9.17) is 9.47 Å². The predicted molar refractivity (Wildman–Crippen MR) is 118 cm³/mol. The van der Waals surface area contributed by atoms with Crippen LogP contribution in [0.4, 0.5) is 21.0 Å². The van der Waals surface area contributed by atoms with Crippen LogP contribution in [0.2, 0.25) is 0 Å². The Labute approximate surface area is 194 Å². The predicted octanol–water partition coefficient (Wildman–Crippen LogP) is 3.08. The number of amides is 1. The van der Waals surface area contributed by atoms with Crippen molar-refractivity contribution in [2.24, 2.45) is 0 Å². The van der Waals surface area contributed by atoms with Gasteiger partial charge in [-0.15, -0.1) is 0 Å². The Morgan fingerprint density at radius 3 is 3.00 bits per heavy atom. The number of hydrogen-bond donors (Lipinski definition) is 3. The minimum Gasteiger partial charge on any atom is -0.443 e. The molecule has 2 aliphatic carbocycles. The van der Waals surface area contributed by atoms with Gasteiger partial charge in [0.1, 0.15) is 23.9 Å². The zero-order valence-electron chi connectivity index (χ0n) is 18.8. The molecule has 3 N–H and O–H groups in total. The summed E-state index contributed by atoms with van der Waals surface area (Å²) < 4.78 is 27.2. The summed E-state index contributed by atoms with van der Waals surface area (Å²) in [6.07, 6.45) is 3.24. The van der Waals surface area contributed by atoms with Gasteiger partial charge < -0.3 is 20.1 Å². The number of alkyl halides is 1. The van der Waals surface area contributed by atoms with Crippen molar-refractivity contribution < 1.29 is 18.7 Å². The number of nitrogens with zero attached hydrogens (tertiary/aromatic N) is 5. The summed E-state index contributed by atoms with van der Waals surface area (Å²) in [6.45, 7) is 2.23. The summed E-state index contributed by atoms with van der Waals surface area (Å²) in [4.78, 5) is 20.8. The Morgan fingerprint density at radius 2 is 2.26 bits per heavy atom.